The highest BCUT2D eigenvalue weighted by molar-refractivity contribution is 6.21. The van der Waals surface area contributed by atoms with Crippen molar-refractivity contribution in [1.82, 2.24) is 0 Å². The van der Waals surface area contributed by atoms with E-state index in [1.807, 2.05) is 0 Å². The highest BCUT2D eigenvalue weighted by Gasteiger charge is 2.23. The molecular formula is C56H37NO. The monoisotopic (exact) mass is 777 g/mol. The summed E-state index contributed by atoms with van der Waals surface area (Å²) in [6.07, 6.45) is 0. The molecule has 0 radical (unpaired) electrons. The van der Waals surface area contributed by atoms with Crippen molar-refractivity contribution in [2.45, 2.75) is 0 Å². The molecule has 0 saturated carbocycles. The van der Waals surface area contributed by atoms with E-state index in [-0.39, 0.29) is 4.90 Å². The van der Waals surface area contributed by atoms with Gasteiger partial charge in [-0.15, -0.1) is 0 Å². The summed E-state index contributed by atoms with van der Waals surface area (Å²) >= 11 is 0. The summed E-state index contributed by atoms with van der Waals surface area (Å²) in [6, 6.07) is -41.7. The predicted octanol–water partition coefficient (Wildman–Crippen LogP) is 16.0. The van der Waals surface area contributed by atoms with Gasteiger partial charge in [-0.25, -0.2) is 0 Å². The van der Waals surface area contributed by atoms with Gasteiger partial charge in [-0.2, -0.15) is 0 Å². The second-order valence-electron chi connectivity index (χ2n) is 12.0. The third-order valence-corrected chi connectivity index (χ3v) is 8.75. The van der Waals surface area contributed by atoms with E-state index in [1.54, 1.807) is 0 Å². The lowest BCUT2D eigenvalue weighted by molar-refractivity contribution is 0.670. The van der Waals surface area contributed by atoms with Crippen LogP contribution in [0, 0.1) is 0 Å². The maximum absolute atomic E-state index is 10.3. The van der Waals surface area contributed by atoms with Crippen LogP contribution in [-0.4, -0.2) is 0 Å². The summed E-state index contributed by atoms with van der Waals surface area (Å²) in [5, 5.41) is -4.70. The Morgan fingerprint density at radius 3 is 1.62 bits per heavy atom. The molecule has 272 valence electrons. The first-order chi connectivity index (χ1) is 44.2. The average molecular weight is 777 g/mol. The van der Waals surface area contributed by atoms with Crippen molar-refractivity contribution >= 4 is 60.5 Å². The van der Waals surface area contributed by atoms with Crippen LogP contribution >= 0.6 is 0 Å². The Morgan fingerprint density at radius 2 is 0.897 bits per heavy atom. The van der Waals surface area contributed by atoms with Gasteiger partial charge in [0.15, 0.2) is 0 Å². The molecule has 58 heavy (non-hydrogen) atoms. The summed E-state index contributed by atoms with van der Waals surface area (Å²) in [6.45, 7) is 0. The Morgan fingerprint density at radius 1 is 0.345 bits per heavy atom. The van der Waals surface area contributed by atoms with Gasteiger partial charge in [0.25, 0.3) is 0 Å². The highest BCUT2D eigenvalue weighted by Crippen LogP contribution is 2.48. The van der Waals surface area contributed by atoms with Crippen molar-refractivity contribution < 1.29 is 55.1 Å². The molecule has 0 bridgehead atoms. The van der Waals surface area contributed by atoms with Gasteiger partial charge in [0.2, 0.25) is 0 Å². The fourth-order valence-corrected chi connectivity index (χ4v) is 6.26. The molecular weight excluding hydrogens is 703 g/mol. The van der Waals surface area contributed by atoms with Crippen molar-refractivity contribution in [2.24, 2.45) is 0 Å². The molecule has 1 heterocycles. The first-order valence-corrected chi connectivity index (χ1v) is 16.8. The van der Waals surface area contributed by atoms with Gasteiger partial charge in [-0.05, 0) is 115 Å². The van der Waals surface area contributed by atoms with E-state index < -0.39 is 329 Å². The number of rotatable bonds is 7. The average Bonchev–Trinajstić information content (AvgIpc) is 1.68. The molecule has 0 N–H and O–H groups in total. The molecule has 0 unspecified atom stereocenters. The Hall–Kier alpha value is -7.68. The second kappa shape index (κ2) is 14.1. The predicted molar refractivity (Wildman–Crippen MR) is 245 cm³/mol. The van der Waals surface area contributed by atoms with E-state index >= 15 is 0 Å². The van der Waals surface area contributed by atoms with E-state index in [0.717, 1.165) is 0 Å². The summed E-state index contributed by atoms with van der Waals surface area (Å²) in [5.74, 6) is 0. The topological polar surface area (TPSA) is 16.4 Å². The van der Waals surface area contributed by atoms with Crippen molar-refractivity contribution in [2.75, 3.05) is 4.90 Å². The van der Waals surface area contributed by atoms with E-state index in [9.17, 15) is 21.9 Å². The summed E-state index contributed by atoms with van der Waals surface area (Å²) in [5.41, 5.74) is -13.7. The largest absolute Gasteiger partial charge is 0.455 e. The van der Waals surface area contributed by atoms with Gasteiger partial charge in [0.05, 0.1) is 61.8 Å². The number of furan rings is 1. The highest BCUT2D eigenvalue weighted by atomic mass is 16.3. The van der Waals surface area contributed by atoms with Crippen LogP contribution in [0.25, 0.3) is 88.0 Å². The number of nitrogens with zero attached hydrogens (tertiary/aromatic N) is 1. The normalized spacial score (nSPS) is 20.4. The van der Waals surface area contributed by atoms with Gasteiger partial charge in [-0.3, -0.25) is 0 Å². The molecule has 0 aliphatic heterocycles. The number of fused-ring (bicyclic) bond motifs is 6. The second-order valence-corrected chi connectivity index (χ2v) is 12.0. The van der Waals surface area contributed by atoms with Crippen LogP contribution in [-0.2, 0) is 0 Å². The minimum absolute atomic E-state index is 0.279. The molecule has 2 heteroatoms. The van der Waals surface area contributed by atoms with Crippen LogP contribution in [0.5, 0.6) is 0 Å². The molecule has 10 aromatic carbocycles. The molecule has 0 saturated heterocycles. The maximum atomic E-state index is 10.3. The first-order valence-electron chi connectivity index (χ1n) is 35.3. The van der Waals surface area contributed by atoms with Gasteiger partial charge in [-0.1, -0.05) is 169 Å². The number of para-hydroxylation sites is 1. The molecule has 0 spiro atoms. The minimum Gasteiger partial charge on any atom is -0.455 e. The van der Waals surface area contributed by atoms with Crippen molar-refractivity contribution in [1.29, 1.82) is 0 Å². The van der Waals surface area contributed by atoms with Crippen LogP contribution in [0.1, 0.15) is 50.7 Å². The Kier molecular flexibility index (Phi) is 3.15. The summed E-state index contributed by atoms with van der Waals surface area (Å²) in [7, 11) is 0. The maximum Gasteiger partial charge on any atom is 0.145 e. The number of benzene rings is 10. The van der Waals surface area contributed by atoms with Crippen LogP contribution in [0.4, 0.5) is 17.1 Å². The first kappa shape index (κ1) is 12.9. The molecule has 2 nitrogen and oxygen atoms in total. The Bertz CT molecular complexity index is 5380. The molecule has 11 rings (SSSR count). The van der Waals surface area contributed by atoms with Gasteiger partial charge < -0.3 is 9.32 Å². The standard InChI is InChI=1S/C56H37NO/c1-3-15-38(16-4-1)41-20-13-21-42(35-41)40-29-31-45(32-30-40)57(46-23-14-22-43(36-46)39-17-5-2-6-18-39)53-34-33-50(56-55(53)51-27-11-12-28-54(51)58-56)52-37-44-19-7-8-24-47(44)48-25-9-10-26-49(48)52/h1-37H/i1D,2D,3D,4D,5D,6D,7D,8D,9D,10D,11D,12D,13D,14D,15D,16D,17D,18D,19D,20D,21D,22D,23D,24D,25D,26D,27D,28D,29D,30D,31D,32D,33D,34D,35D,36D,37D. The molecule has 11 aromatic rings. The number of hydrogen-bond donors (Lipinski definition) is 0. The zero-order valence-electron chi connectivity index (χ0n) is 65.9. The Labute approximate surface area is 389 Å². The third-order valence-electron chi connectivity index (χ3n) is 8.75. The fourth-order valence-electron chi connectivity index (χ4n) is 6.26. The minimum atomic E-state index is -1.45. The van der Waals surface area contributed by atoms with Crippen molar-refractivity contribution in [3.05, 3.63) is 224 Å². The lowest BCUT2D eigenvalue weighted by Gasteiger charge is -2.27. The van der Waals surface area contributed by atoms with Crippen LogP contribution < -0.4 is 4.90 Å². The van der Waals surface area contributed by atoms with Crippen molar-refractivity contribution in [3.8, 4) is 44.5 Å². The van der Waals surface area contributed by atoms with Crippen LogP contribution in [0.15, 0.2) is 228 Å². The van der Waals surface area contributed by atoms with Crippen molar-refractivity contribution in [3.63, 3.8) is 0 Å². The molecule has 1 aromatic heterocycles. The zero-order valence-corrected chi connectivity index (χ0v) is 28.9. The van der Waals surface area contributed by atoms with Gasteiger partial charge in [0.1, 0.15) is 11.2 Å². The molecule has 0 aliphatic carbocycles. The van der Waals surface area contributed by atoms with Gasteiger partial charge in [0, 0.05) is 22.3 Å². The number of anilines is 3. The summed E-state index contributed by atoms with van der Waals surface area (Å²) < 4.78 is 344. The fraction of sp³-hybridized carbons (Fsp3) is 0. The quantitative estimate of drug-likeness (QED) is 0.150. The molecule has 0 atom stereocenters. The lowest BCUT2D eigenvalue weighted by atomic mass is 9.92. The van der Waals surface area contributed by atoms with Crippen LogP contribution in [0.2, 0.25) is 0 Å². The van der Waals surface area contributed by atoms with E-state index in [0.29, 0.717) is 0 Å². The Balaban J connectivity index is 1.42. The van der Waals surface area contributed by atoms with E-state index in [4.69, 9.17) is 33.2 Å². The number of hydrogen-bond acceptors (Lipinski definition) is 2. The molecule has 0 fully saturated rings. The van der Waals surface area contributed by atoms with E-state index in [2.05, 4.69) is 0 Å². The lowest BCUT2D eigenvalue weighted by Crippen LogP contribution is -2.10. The van der Waals surface area contributed by atoms with Crippen LogP contribution in [0.3, 0.4) is 0 Å². The van der Waals surface area contributed by atoms with Gasteiger partial charge >= 0.3 is 0 Å². The summed E-state index contributed by atoms with van der Waals surface area (Å²) in [4.78, 5) is 0.279. The SMILES string of the molecule is [2H]c1c([2H])c([2H])c(-c2c([2H])c([2H])c([2H])c(-c3c([2H])c([2H])c(N(c4c([2H])c([2H])c([2H])c(-c5c([2H])c([2H])c([2H])c([2H])c5[2H])c4[2H])c4c([2H])c([2H])c(-c5c([2H])c6c([2H])c([2H])c([2H])c([2H])c6c6c([2H])c([2H])c([2H])c([2H])c56)c5oc6c([2H])c([2H])c([2H])c([2H])c6c45)c([2H])c3[2H])c2[2H])c([2H])c1[2H]. The molecule has 0 aliphatic rings. The third kappa shape index (κ3) is 5.82. The molecule has 0 amide bonds. The van der Waals surface area contributed by atoms with E-state index in [1.165, 1.54) is 0 Å². The smallest absolute Gasteiger partial charge is 0.145 e. The zero-order chi connectivity index (χ0) is 70.6.